The van der Waals surface area contributed by atoms with E-state index in [0.29, 0.717) is 44.1 Å². The Morgan fingerprint density at radius 2 is 1.77 bits per heavy atom. The molecule has 0 bridgehead atoms. The van der Waals surface area contributed by atoms with Gasteiger partial charge < -0.3 is 4.42 Å². The predicted octanol–water partition coefficient (Wildman–Crippen LogP) is 4.71. The SMILES string of the molecule is CC1=NN(c2ccc(S(N)(=O)=O)cc2)C(=O)/C1=C/c1ccc(-c2ccc(Cl)cc2Cl)o1. The fraction of sp³-hybridized carbons (Fsp3) is 0.0476. The van der Waals surface area contributed by atoms with Crippen LogP contribution >= 0.6 is 23.2 Å². The summed E-state index contributed by atoms with van der Waals surface area (Å²) in [5, 5.41) is 11.5. The highest BCUT2D eigenvalue weighted by Crippen LogP contribution is 2.33. The van der Waals surface area contributed by atoms with Crippen LogP contribution in [0.2, 0.25) is 10.0 Å². The maximum absolute atomic E-state index is 12.9. The standard InChI is InChI=1S/C21H15Cl2N3O4S/c1-12-18(11-15-5-9-20(30-15)17-8-2-13(22)10-19(17)23)21(27)26(25-12)14-3-6-16(7-4-14)31(24,28)29/h2-11H,1H3,(H2,24,28,29)/b18-11+. The van der Waals surface area contributed by atoms with Crippen molar-refractivity contribution in [1.82, 2.24) is 0 Å². The fourth-order valence-corrected chi connectivity index (χ4v) is 4.06. The molecule has 0 aliphatic carbocycles. The van der Waals surface area contributed by atoms with Gasteiger partial charge in [-0.2, -0.15) is 10.1 Å². The van der Waals surface area contributed by atoms with Crippen molar-refractivity contribution in [3.63, 3.8) is 0 Å². The molecule has 2 N–H and O–H groups in total. The Bertz CT molecular complexity index is 1360. The van der Waals surface area contributed by atoms with E-state index in [4.69, 9.17) is 32.8 Å². The van der Waals surface area contributed by atoms with E-state index in [0.717, 1.165) is 0 Å². The number of nitrogens with zero attached hydrogens (tertiary/aromatic N) is 2. The van der Waals surface area contributed by atoms with Crippen LogP contribution in [-0.4, -0.2) is 20.0 Å². The van der Waals surface area contributed by atoms with Gasteiger partial charge in [0, 0.05) is 10.6 Å². The number of amides is 1. The molecule has 0 saturated heterocycles. The lowest BCUT2D eigenvalue weighted by Crippen LogP contribution is -2.21. The zero-order valence-corrected chi connectivity index (χ0v) is 18.4. The molecule has 3 aromatic rings. The number of nitrogens with two attached hydrogens (primary N) is 1. The number of anilines is 1. The van der Waals surface area contributed by atoms with E-state index < -0.39 is 10.0 Å². The Kier molecular flexibility index (Phi) is 5.49. The summed E-state index contributed by atoms with van der Waals surface area (Å²) < 4.78 is 28.7. The largest absolute Gasteiger partial charge is 0.457 e. The average molecular weight is 476 g/mol. The minimum absolute atomic E-state index is 0.0525. The van der Waals surface area contributed by atoms with Gasteiger partial charge >= 0.3 is 0 Å². The summed E-state index contributed by atoms with van der Waals surface area (Å²) in [6.45, 7) is 1.70. The molecule has 31 heavy (non-hydrogen) atoms. The van der Waals surface area contributed by atoms with Crippen molar-refractivity contribution in [2.45, 2.75) is 11.8 Å². The molecule has 4 rings (SSSR count). The van der Waals surface area contributed by atoms with E-state index >= 15 is 0 Å². The molecule has 1 aliphatic rings. The summed E-state index contributed by atoms with van der Waals surface area (Å²) in [7, 11) is -3.82. The number of carbonyl (C=O) groups excluding carboxylic acids is 1. The van der Waals surface area contributed by atoms with Gasteiger partial charge in [0.15, 0.2) is 0 Å². The van der Waals surface area contributed by atoms with E-state index in [-0.39, 0.29) is 10.8 Å². The fourth-order valence-electron chi connectivity index (χ4n) is 3.04. The second-order valence-electron chi connectivity index (χ2n) is 6.73. The van der Waals surface area contributed by atoms with E-state index in [2.05, 4.69) is 5.10 Å². The number of furan rings is 1. The number of benzene rings is 2. The number of rotatable bonds is 4. The average Bonchev–Trinajstić information content (AvgIpc) is 3.27. The molecule has 10 heteroatoms. The predicted molar refractivity (Wildman–Crippen MR) is 121 cm³/mol. The normalized spacial score (nSPS) is 15.6. The molecule has 0 unspecified atom stereocenters. The van der Waals surface area contributed by atoms with Crippen LogP contribution < -0.4 is 10.1 Å². The highest BCUT2D eigenvalue weighted by molar-refractivity contribution is 7.89. The molecular weight excluding hydrogens is 461 g/mol. The molecule has 2 aromatic carbocycles. The molecule has 0 saturated carbocycles. The Labute approximate surface area is 188 Å². The number of primary sulfonamides is 1. The topological polar surface area (TPSA) is 106 Å². The third kappa shape index (κ3) is 4.28. The zero-order valence-electron chi connectivity index (χ0n) is 16.0. The maximum Gasteiger partial charge on any atom is 0.280 e. The number of halogens is 2. The van der Waals surface area contributed by atoms with Crippen LogP contribution in [0.15, 0.2) is 74.6 Å². The van der Waals surface area contributed by atoms with Crippen LogP contribution in [0.3, 0.4) is 0 Å². The Balaban J connectivity index is 1.61. The molecule has 1 aromatic heterocycles. The van der Waals surface area contributed by atoms with Gasteiger partial charge in [-0.1, -0.05) is 23.2 Å². The van der Waals surface area contributed by atoms with Crippen LogP contribution in [0.25, 0.3) is 17.4 Å². The quantitative estimate of drug-likeness (QED) is 0.551. The smallest absolute Gasteiger partial charge is 0.280 e. The van der Waals surface area contributed by atoms with Gasteiger partial charge in [-0.25, -0.2) is 13.6 Å². The Hall–Kier alpha value is -2.91. The van der Waals surface area contributed by atoms with Gasteiger partial charge in [0.25, 0.3) is 5.91 Å². The molecule has 0 spiro atoms. The molecule has 7 nitrogen and oxygen atoms in total. The number of carbonyl (C=O) groups is 1. The minimum Gasteiger partial charge on any atom is -0.457 e. The number of hydrazone groups is 1. The minimum atomic E-state index is -3.82. The van der Waals surface area contributed by atoms with Crippen molar-refractivity contribution in [2.75, 3.05) is 5.01 Å². The summed E-state index contributed by atoms with van der Waals surface area (Å²) in [4.78, 5) is 12.8. The van der Waals surface area contributed by atoms with Gasteiger partial charge in [-0.05, 0) is 67.6 Å². The first-order valence-corrected chi connectivity index (χ1v) is 11.2. The van der Waals surface area contributed by atoms with E-state index in [1.165, 1.54) is 29.3 Å². The lowest BCUT2D eigenvalue weighted by atomic mass is 10.1. The molecule has 0 atom stereocenters. The van der Waals surface area contributed by atoms with E-state index in [9.17, 15) is 13.2 Å². The first-order valence-electron chi connectivity index (χ1n) is 8.93. The summed E-state index contributed by atoms with van der Waals surface area (Å²) >= 11 is 12.2. The summed E-state index contributed by atoms with van der Waals surface area (Å²) in [5.74, 6) is 0.609. The Morgan fingerprint density at radius 3 is 2.42 bits per heavy atom. The van der Waals surface area contributed by atoms with Crippen molar-refractivity contribution >= 4 is 56.6 Å². The summed E-state index contributed by atoms with van der Waals surface area (Å²) in [6.07, 6.45) is 1.59. The molecular formula is C21H15Cl2N3O4S. The van der Waals surface area contributed by atoms with Crippen molar-refractivity contribution in [3.05, 3.63) is 76.0 Å². The number of sulfonamides is 1. The van der Waals surface area contributed by atoms with Crippen LogP contribution in [0.1, 0.15) is 12.7 Å². The third-order valence-electron chi connectivity index (χ3n) is 4.58. The molecule has 0 fully saturated rings. The summed E-state index contributed by atoms with van der Waals surface area (Å²) in [6, 6.07) is 14.1. The second kappa shape index (κ2) is 7.97. The second-order valence-corrected chi connectivity index (χ2v) is 9.13. The van der Waals surface area contributed by atoms with Crippen LogP contribution in [0.4, 0.5) is 5.69 Å². The van der Waals surface area contributed by atoms with Gasteiger partial charge in [-0.3, -0.25) is 4.79 Å². The van der Waals surface area contributed by atoms with Gasteiger partial charge in [0.1, 0.15) is 11.5 Å². The van der Waals surface area contributed by atoms with Gasteiger partial charge in [0.05, 0.1) is 26.9 Å². The lowest BCUT2D eigenvalue weighted by molar-refractivity contribution is -0.114. The highest BCUT2D eigenvalue weighted by atomic mass is 35.5. The van der Waals surface area contributed by atoms with E-state index in [1.807, 2.05) is 0 Å². The monoisotopic (exact) mass is 475 g/mol. The molecule has 1 aliphatic heterocycles. The highest BCUT2D eigenvalue weighted by Gasteiger charge is 2.29. The zero-order chi connectivity index (χ0) is 22.3. The van der Waals surface area contributed by atoms with Gasteiger partial charge in [-0.15, -0.1) is 0 Å². The maximum atomic E-state index is 12.9. The molecule has 2 heterocycles. The van der Waals surface area contributed by atoms with Crippen molar-refractivity contribution in [3.8, 4) is 11.3 Å². The molecule has 1 amide bonds. The van der Waals surface area contributed by atoms with Crippen molar-refractivity contribution in [1.29, 1.82) is 0 Å². The first kappa shape index (κ1) is 21.3. The van der Waals surface area contributed by atoms with Gasteiger partial charge in [0.2, 0.25) is 10.0 Å². The van der Waals surface area contributed by atoms with Crippen LogP contribution in [0.5, 0.6) is 0 Å². The lowest BCUT2D eigenvalue weighted by Gasteiger charge is -2.12. The number of hydrogen-bond donors (Lipinski definition) is 1. The van der Waals surface area contributed by atoms with Crippen LogP contribution in [-0.2, 0) is 14.8 Å². The van der Waals surface area contributed by atoms with E-state index in [1.54, 1.807) is 43.3 Å². The molecule has 0 radical (unpaired) electrons. The number of hydrogen-bond acceptors (Lipinski definition) is 5. The first-order chi connectivity index (χ1) is 14.6. The summed E-state index contributed by atoms with van der Waals surface area (Å²) in [5.41, 5.74) is 1.92. The van der Waals surface area contributed by atoms with Crippen LogP contribution in [0, 0.1) is 0 Å². The van der Waals surface area contributed by atoms with Crippen molar-refractivity contribution in [2.24, 2.45) is 10.2 Å². The Morgan fingerprint density at radius 1 is 1.06 bits per heavy atom. The molecule has 158 valence electrons. The third-order valence-corrected chi connectivity index (χ3v) is 6.06. The van der Waals surface area contributed by atoms with Crippen molar-refractivity contribution < 1.29 is 17.6 Å².